The fourth-order valence-electron chi connectivity index (χ4n) is 1.94. The molecule has 0 bridgehead atoms. The molecule has 21 heavy (non-hydrogen) atoms. The second-order valence-electron chi connectivity index (χ2n) is 5.18. The number of hydrazine groups is 1. The molecule has 112 valence electrons. The third kappa shape index (κ3) is 3.61. The van der Waals surface area contributed by atoms with Gasteiger partial charge in [0.05, 0.1) is 12.3 Å². The quantitative estimate of drug-likeness (QED) is 0.581. The number of carbonyl (C=O) groups excluding carboxylic acids is 1. The van der Waals surface area contributed by atoms with Crippen molar-refractivity contribution < 1.29 is 9.21 Å². The van der Waals surface area contributed by atoms with E-state index in [4.69, 9.17) is 10.3 Å². The Morgan fingerprint density at radius 1 is 1.33 bits per heavy atom. The van der Waals surface area contributed by atoms with Gasteiger partial charge in [0.25, 0.3) is 5.91 Å². The van der Waals surface area contributed by atoms with E-state index in [-0.39, 0.29) is 17.9 Å². The van der Waals surface area contributed by atoms with Crippen LogP contribution >= 0.6 is 0 Å². The van der Waals surface area contributed by atoms with Gasteiger partial charge in [-0.3, -0.25) is 4.79 Å². The van der Waals surface area contributed by atoms with Crippen LogP contribution in [0.4, 0.5) is 5.82 Å². The lowest BCUT2D eigenvalue weighted by molar-refractivity contribution is 0.0935. The zero-order valence-electron chi connectivity index (χ0n) is 12.4. The van der Waals surface area contributed by atoms with Crippen LogP contribution in [-0.4, -0.2) is 10.9 Å². The molecule has 0 aliphatic carbocycles. The number of anilines is 1. The number of pyridine rings is 1. The van der Waals surface area contributed by atoms with E-state index in [0.29, 0.717) is 17.1 Å². The van der Waals surface area contributed by atoms with Crippen LogP contribution in [0.15, 0.2) is 34.9 Å². The second-order valence-corrected chi connectivity index (χ2v) is 5.18. The number of aromatic nitrogens is 1. The van der Waals surface area contributed by atoms with Crippen LogP contribution < -0.4 is 16.6 Å². The van der Waals surface area contributed by atoms with Gasteiger partial charge in [-0.25, -0.2) is 10.8 Å². The van der Waals surface area contributed by atoms with Crippen LogP contribution in [0.3, 0.4) is 0 Å². The molecule has 6 nitrogen and oxygen atoms in total. The van der Waals surface area contributed by atoms with Crippen molar-refractivity contribution in [1.29, 1.82) is 0 Å². The van der Waals surface area contributed by atoms with E-state index in [1.54, 1.807) is 24.5 Å². The van der Waals surface area contributed by atoms with Crippen LogP contribution in [-0.2, 0) is 0 Å². The number of nitrogens with zero attached hydrogens (tertiary/aromatic N) is 1. The average Bonchev–Trinajstić information content (AvgIpc) is 3.00. The first-order chi connectivity index (χ1) is 10.0. The van der Waals surface area contributed by atoms with Crippen LogP contribution in [0.5, 0.6) is 0 Å². The normalized spacial score (nSPS) is 12.2. The maximum atomic E-state index is 12.3. The smallest absolute Gasteiger partial charge is 0.252 e. The number of carbonyl (C=O) groups is 1. The van der Waals surface area contributed by atoms with Crippen LogP contribution in [0.25, 0.3) is 0 Å². The molecule has 0 saturated heterocycles. The molecule has 0 saturated carbocycles. The zero-order chi connectivity index (χ0) is 15.4. The molecule has 4 N–H and O–H groups in total. The van der Waals surface area contributed by atoms with Crippen LogP contribution in [0, 0.1) is 0 Å². The Kier molecular flexibility index (Phi) is 4.59. The monoisotopic (exact) mass is 288 g/mol. The van der Waals surface area contributed by atoms with Gasteiger partial charge in [0, 0.05) is 11.3 Å². The van der Waals surface area contributed by atoms with Crippen LogP contribution in [0.2, 0.25) is 0 Å². The highest BCUT2D eigenvalue weighted by molar-refractivity contribution is 5.95. The summed E-state index contributed by atoms with van der Waals surface area (Å²) < 4.78 is 5.28. The molecular formula is C15H20N4O2. The van der Waals surface area contributed by atoms with E-state index in [1.165, 1.54) is 0 Å². The minimum Gasteiger partial charge on any atom is -0.467 e. The third-order valence-corrected chi connectivity index (χ3v) is 3.16. The van der Waals surface area contributed by atoms with Gasteiger partial charge >= 0.3 is 0 Å². The Morgan fingerprint density at radius 2 is 2.10 bits per heavy atom. The van der Waals surface area contributed by atoms with Gasteiger partial charge in [0.1, 0.15) is 11.6 Å². The SMILES string of the molecule is CC(C)c1cc(C(=O)NC(C)c2ccco2)cc(NN)n1. The van der Waals surface area contributed by atoms with Crippen molar-refractivity contribution in [1.82, 2.24) is 10.3 Å². The summed E-state index contributed by atoms with van der Waals surface area (Å²) in [5.41, 5.74) is 3.81. The largest absolute Gasteiger partial charge is 0.467 e. The number of nitrogen functional groups attached to an aromatic ring is 1. The molecule has 0 spiro atoms. The van der Waals surface area contributed by atoms with Crippen molar-refractivity contribution >= 4 is 11.7 Å². The number of rotatable bonds is 5. The summed E-state index contributed by atoms with van der Waals surface area (Å²) in [6.45, 7) is 5.88. The predicted octanol–water partition coefficient (Wildman–Crippen LogP) is 2.57. The van der Waals surface area contributed by atoms with Crippen molar-refractivity contribution in [2.75, 3.05) is 5.43 Å². The molecule has 2 aromatic heterocycles. The Morgan fingerprint density at radius 3 is 2.67 bits per heavy atom. The van der Waals surface area contributed by atoms with Crippen molar-refractivity contribution in [3.8, 4) is 0 Å². The minimum absolute atomic E-state index is 0.195. The number of hydrogen-bond donors (Lipinski definition) is 3. The number of furan rings is 1. The Bertz CT molecular complexity index is 608. The lowest BCUT2D eigenvalue weighted by atomic mass is 10.1. The van der Waals surface area contributed by atoms with Crippen molar-refractivity contribution in [3.63, 3.8) is 0 Å². The number of hydrogen-bond acceptors (Lipinski definition) is 5. The molecular weight excluding hydrogens is 268 g/mol. The highest BCUT2D eigenvalue weighted by Crippen LogP contribution is 2.18. The summed E-state index contributed by atoms with van der Waals surface area (Å²) in [7, 11) is 0. The van der Waals surface area contributed by atoms with E-state index < -0.39 is 0 Å². The molecule has 0 aliphatic heterocycles. The van der Waals surface area contributed by atoms with Crippen LogP contribution in [0.1, 0.15) is 54.5 Å². The van der Waals surface area contributed by atoms with Gasteiger partial charge in [-0.05, 0) is 37.1 Å². The molecule has 0 aliphatic rings. The summed E-state index contributed by atoms with van der Waals surface area (Å²) in [6.07, 6.45) is 1.58. The topological polar surface area (TPSA) is 93.2 Å². The third-order valence-electron chi connectivity index (χ3n) is 3.16. The molecule has 0 fully saturated rings. The van der Waals surface area contributed by atoms with E-state index in [2.05, 4.69) is 15.7 Å². The zero-order valence-corrected chi connectivity index (χ0v) is 12.4. The number of nitrogens with two attached hydrogens (primary N) is 1. The molecule has 2 heterocycles. The summed E-state index contributed by atoms with van der Waals surface area (Å²) in [6, 6.07) is 6.80. The maximum absolute atomic E-state index is 12.3. The summed E-state index contributed by atoms with van der Waals surface area (Å²) in [5.74, 6) is 6.59. The lowest BCUT2D eigenvalue weighted by Gasteiger charge is -2.14. The van der Waals surface area contributed by atoms with E-state index in [0.717, 1.165) is 5.69 Å². The molecule has 6 heteroatoms. The van der Waals surface area contributed by atoms with E-state index in [9.17, 15) is 4.79 Å². The lowest BCUT2D eigenvalue weighted by Crippen LogP contribution is -2.27. The fourth-order valence-corrected chi connectivity index (χ4v) is 1.94. The van der Waals surface area contributed by atoms with E-state index in [1.807, 2.05) is 26.8 Å². The molecule has 0 aromatic carbocycles. The molecule has 0 radical (unpaired) electrons. The molecule has 1 atom stereocenters. The molecule has 1 amide bonds. The number of amides is 1. The summed E-state index contributed by atoms with van der Waals surface area (Å²) in [4.78, 5) is 16.7. The van der Waals surface area contributed by atoms with Gasteiger partial charge < -0.3 is 15.2 Å². The fraction of sp³-hybridized carbons (Fsp3) is 0.333. The second kappa shape index (κ2) is 6.41. The predicted molar refractivity (Wildman–Crippen MR) is 80.7 cm³/mol. The van der Waals surface area contributed by atoms with Gasteiger partial charge in [-0.15, -0.1) is 0 Å². The van der Waals surface area contributed by atoms with Crippen molar-refractivity contribution in [2.24, 2.45) is 5.84 Å². The Balaban J connectivity index is 2.20. The minimum atomic E-state index is -0.211. The average molecular weight is 288 g/mol. The molecule has 2 aromatic rings. The van der Waals surface area contributed by atoms with Crippen molar-refractivity contribution in [2.45, 2.75) is 32.7 Å². The van der Waals surface area contributed by atoms with Crippen molar-refractivity contribution in [3.05, 3.63) is 47.5 Å². The summed E-state index contributed by atoms with van der Waals surface area (Å²) in [5, 5.41) is 2.89. The first-order valence-electron chi connectivity index (χ1n) is 6.84. The number of nitrogens with one attached hydrogen (secondary N) is 2. The summed E-state index contributed by atoms with van der Waals surface area (Å²) >= 11 is 0. The van der Waals surface area contributed by atoms with Gasteiger partial charge in [0.2, 0.25) is 0 Å². The highest BCUT2D eigenvalue weighted by Gasteiger charge is 2.16. The Labute approximate surface area is 123 Å². The Hall–Kier alpha value is -2.34. The van der Waals surface area contributed by atoms with Gasteiger partial charge in [-0.1, -0.05) is 13.8 Å². The van der Waals surface area contributed by atoms with E-state index >= 15 is 0 Å². The van der Waals surface area contributed by atoms with Gasteiger partial charge in [0.15, 0.2) is 0 Å². The standard InChI is InChI=1S/C15H20N4O2/c1-9(2)12-7-11(8-14(18-12)19-16)15(20)17-10(3)13-5-4-6-21-13/h4-10H,16H2,1-3H3,(H,17,20)(H,18,19). The maximum Gasteiger partial charge on any atom is 0.252 e. The molecule has 1 unspecified atom stereocenters. The highest BCUT2D eigenvalue weighted by atomic mass is 16.3. The molecule has 2 rings (SSSR count). The first-order valence-corrected chi connectivity index (χ1v) is 6.84. The van der Waals surface area contributed by atoms with Gasteiger partial charge in [-0.2, -0.15) is 0 Å². The first kappa shape index (κ1) is 15.1.